The Labute approximate surface area is 113 Å². The number of rotatable bonds is 7. The van der Waals surface area contributed by atoms with Crippen LogP contribution in [-0.4, -0.2) is 17.0 Å². The van der Waals surface area contributed by atoms with E-state index in [1.165, 1.54) is 0 Å². The van der Waals surface area contributed by atoms with E-state index in [-0.39, 0.29) is 18.4 Å². The summed E-state index contributed by atoms with van der Waals surface area (Å²) in [7, 11) is 0. The van der Waals surface area contributed by atoms with Crippen LogP contribution < -0.4 is 5.32 Å². The molecule has 0 heterocycles. The van der Waals surface area contributed by atoms with Crippen molar-refractivity contribution >= 4 is 11.9 Å². The van der Waals surface area contributed by atoms with E-state index in [0.29, 0.717) is 19.3 Å². The predicted molar refractivity (Wildman–Crippen MR) is 73.8 cm³/mol. The quantitative estimate of drug-likeness (QED) is 0.743. The van der Waals surface area contributed by atoms with Crippen LogP contribution in [0.5, 0.6) is 0 Å². The summed E-state index contributed by atoms with van der Waals surface area (Å²) >= 11 is 0. The molecule has 0 saturated heterocycles. The first kappa shape index (κ1) is 15.2. The molecule has 0 saturated carbocycles. The Balaban J connectivity index is 2.36. The van der Waals surface area contributed by atoms with Crippen molar-refractivity contribution in [2.75, 3.05) is 0 Å². The fraction of sp³-hybridized carbons (Fsp3) is 0.467. The van der Waals surface area contributed by atoms with Crippen molar-refractivity contribution < 1.29 is 14.7 Å². The maximum atomic E-state index is 11.7. The highest BCUT2D eigenvalue weighted by molar-refractivity contribution is 5.76. The van der Waals surface area contributed by atoms with Gasteiger partial charge in [-0.3, -0.25) is 9.59 Å². The third-order valence-corrected chi connectivity index (χ3v) is 3.08. The monoisotopic (exact) mass is 263 g/mol. The summed E-state index contributed by atoms with van der Waals surface area (Å²) < 4.78 is 0. The molecule has 0 unspecified atom stereocenters. The number of carbonyl (C=O) groups excluding carboxylic acids is 1. The number of carboxylic acid groups (broad SMARTS) is 1. The van der Waals surface area contributed by atoms with Crippen LogP contribution in [0.25, 0.3) is 0 Å². The Morgan fingerprint density at radius 1 is 1.21 bits per heavy atom. The lowest BCUT2D eigenvalue weighted by Crippen LogP contribution is -2.26. The van der Waals surface area contributed by atoms with Crippen molar-refractivity contribution in [3.8, 4) is 0 Å². The number of unbranched alkanes of at least 4 members (excludes halogenated alkanes) is 1. The summed E-state index contributed by atoms with van der Waals surface area (Å²) in [5, 5.41) is 11.4. The van der Waals surface area contributed by atoms with Crippen LogP contribution in [0.1, 0.15) is 49.8 Å². The molecule has 0 fully saturated rings. The zero-order valence-electron chi connectivity index (χ0n) is 11.5. The van der Waals surface area contributed by atoms with Crippen molar-refractivity contribution in [2.24, 2.45) is 0 Å². The second-order valence-electron chi connectivity index (χ2n) is 4.75. The van der Waals surface area contributed by atoms with E-state index in [2.05, 4.69) is 5.32 Å². The third-order valence-electron chi connectivity index (χ3n) is 3.08. The molecule has 1 atom stereocenters. The second-order valence-corrected chi connectivity index (χ2v) is 4.75. The maximum absolute atomic E-state index is 11.7. The molecule has 1 rings (SSSR count). The van der Waals surface area contributed by atoms with E-state index in [1.54, 1.807) is 0 Å². The van der Waals surface area contributed by atoms with Crippen molar-refractivity contribution in [3.63, 3.8) is 0 Å². The summed E-state index contributed by atoms with van der Waals surface area (Å²) in [6, 6.07) is 7.93. The lowest BCUT2D eigenvalue weighted by Gasteiger charge is -2.16. The highest BCUT2D eigenvalue weighted by Gasteiger charge is 2.11. The SMILES string of the molecule is Cc1ccccc1[C@H](C)NC(=O)CCCCC(=O)O. The molecular formula is C15H21NO3. The summed E-state index contributed by atoms with van der Waals surface area (Å²) in [5.74, 6) is -0.838. The molecule has 0 radical (unpaired) electrons. The number of hydrogen-bond donors (Lipinski definition) is 2. The van der Waals surface area contributed by atoms with Crippen molar-refractivity contribution in [1.82, 2.24) is 5.32 Å². The van der Waals surface area contributed by atoms with Gasteiger partial charge in [0, 0.05) is 12.8 Å². The number of aliphatic carboxylic acids is 1. The van der Waals surface area contributed by atoms with Crippen molar-refractivity contribution in [1.29, 1.82) is 0 Å². The van der Waals surface area contributed by atoms with Crippen molar-refractivity contribution in [3.05, 3.63) is 35.4 Å². The largest absolute Gasteiger partial charge is 0.481 e. The molecule has 0 aliphatic heterocycles. The number of aryl methyl sites for hydroxylation is 1. The molecule has 1 amide bonds. The molecule has 104 valence electrons. The third kappa shape index (κ3) is 5.55. The first-order valence-corrected chi connectivity index (χ1v) is 6.57. The van der Waals surface area contributed by atoms with E-state index < -0.39 is 5.97 Å². The fourth-order valence-corrected chi connectivity index (χ4v) is 2.03. The van der Waals surface area contributed by atoms with Crippen LogP contribution in [-0.2, 0) is 9.59 Å². The van der Waals surface area contributed by atoms with E-state index in [4.69, 9.17) is 5.11 Å². The van der Waals surface area contributed by atoms with Gasteiger partial charge < -0.3 is 10.4 Å². The average Bonchev–Trinajstić information content (AvgIpc) is 2.35. The summed E-state index contributed by atoms with van der Waals surface area (Å²) in [6.45, 7) is 3.97. The highest BCUT2D eigenvalue weighted by atomic mass is 16.4. The first-order valence-electron chi connectivity index (χ1n) is 6.57. The first-order chi connectivity index (χ1) is 9.00. The van der Waals surface area contributed by atoms with Gasteiger partial charge in [0.05, 0.1) is 6.04 Å². The molecule has 1 aromatic carbocycles. The van der Waals surface area contributed by atoms with Crippen LogP contribution in [0, 0.1) is 6.92 Å². The standard InChI is InChI=1S/C15H21NO3/c1-11-7-3-4-8-13(11)12(2)16-14(17)9-5-6-10-15(18)19/h3-4,7-8,12H,5-6,9-10H2,1-2H3,(H,16,17)(H,18,19)/t12-/m0/s1. The minimum atomic E-state index is -0.811. The summed E-state index contributed by atoms with van der Waals surface area (Å²) in [5.41, 5.74) is 2.27. The molecule has 4 nitrogen and oxygen atoms in total. The van der Waals surface area contributed by atoms with Crippen LogP contribution in [0.3, 0.4) is 0 Å². The van der Waals surface area contributed by atoms with E-state index in [1.807, 2.05) is 38.1 Å². The second kappa shape index (κ2) is 7.56. The number of benzene rings is 1. The van der Waals surface area contributed by atoms with Gasteiger partial charge in [0.1, 0.15) is 0 Å². The average molecular weight is 263 g/mol. The normalized spacial score (nSPS) is 11.9. The highest BCUT2D eigenvalue weighted by Crippen LogP contribution is 2.16. The zero-order chi connectivity index (χ0) is 14.3. The van der Waals surface area contributed by atoms with Crippen LogP contribution >= 0.6 is 0 Å². The van der Waals surface area contributed by atoms with Gasteiger partial charge in [-0.15, -0.1) is 0 Å². The van der Waals surface area contributed by atoms with Gasteiger partial charge >= 0.3 is 5.97 Å². The smallest absolute Gasteiger partial charge is 0.303 e. The molecule has 2 N–H and O–H groups in total. The Kier molecular flexibility index (Phi) is 6.06. The fourth-order valence-electron chi connectivity index (χ4n) is 2.03. The van der Waals surface area contributed by atoms with Crippen molar-refractivity contribution in [2.45, 2.75) is 45.6 Å². The Morgan fingerprint density at radius 2 is 1.84 bits per heavy atom. The van der Waals surface area contributed by atoms with Gasteiger partial charge in [-0.2, -0.15) is 0 Å². The van der Waals surface area contributed by atoms with E-state index in [0.717, 1.165) is 11.1 Å². The van der Waals surface area contributed by atoms with Gasteiger partial charge in [0.2, 0.25) is 5.91 Å². The van der Waals surface area contributed by atoms with Gasteiger partial charge in [-0.05, 0) is 37.8 Å². The number of carbonyl (C=O) groups is 2. The van der Waals surface area contributed by atoms with E-state index >= 15 is 0 Å². The molecule has 0 aliphatic rings. The Hall–Kier alpha value is -1.84. The molecule has 4 heteroatoms. The number of hydrogen-bond acceptors (Lipinski definition) is 2. The van der Waals surface area contributed by atoms with Crippen LogP contribution in [0.4, 0.5) is 0 Å². The lowest BCUT2D eigenvalue weighted by molar-refractivity contribution is -0.137. The predicted octanol–water partition coefficient (Wildman–Crippen LogP) is 2.82. The topological polar surface area (TPSA) is 66.4 Å². The Bertz CT molecular complexity index is 443. The summed E-state index contributed by atoms with van der Waals surface area (Å²) in [6.07, 6.45) is 1.66. The molecule has 0 bridgehead atoms. The zero-order valence-corrected chi connectivity index (χ0v) is 11.5. The molecule has 0 spiro atoms. The molecule has 19 heavy (non-hydrogen) atoms. The molecule has 0 aliphatic carbocycles. The van der Waals surface area contributed by atoms with Gasteiger partial charge in [0.15, 0.2) is 0 Å². The summed E-state index contributed by atoms with van der Waals surface area (Å²) in [4.78, 5) is 22.1. The van der Waals surface area contributed by atoms with Gasteiger partial charge in [-0.25, -0.2) is 0 Å². The molecular weight excluding hydrogens is 242 g/mol. The maximum Gasteiger partial charge on any atom is 0.303 e. The van der Waals surface area contributed by atoms with Crippen LogP contribution in [0.2, 0.25) is 0 Å². The number of nitrogens with one attached hydrogen (secondary N) is 1. The minimum absolute atomic E-state index is 0.0202. The number of amides is 1. The number of carboxylic acids is 1. The lowest BCUT2D eigenvalue weighted by atomic mass is 10.0. The van der Waals surface area contributed by atoms with Gasteiger partial charge in [-0.1, -0.05) is 24.3 Å². The van der Waals surface area contributed by atoms with Gasteiger partial charge in [0.25, 0.3) is 0 Å². The Morgan fingerprint density at radius 3 is 2.47 bits per heavy atom. The molecule has 0 aromatic heterocycles. The van der Waals surface area contributed by atoms with E-state index in [9.17, 15) is 9.59 Å². The minimum Gasteiger partial charge on any atom is -0.481 e. The van der Waals surface area contributed by atoms with Crippen LogP contribution in [0.15, 0.2) is 24.3 Å². The molecule has 1 aromatic rings.